The van der Waals surface area contributed by atoms with Gasteiger partial charge in [0.1, 0.15) is 11.9 Å². The third-order valence-corrected chi connectivity index (χ3v) is 7.98. The Balaban J connectivity index is 1.42. The molecule has 0 aliphatic carbocycles. The molecular formula is C29H25ClF5N9O2. The molecule has 6 rings (SSSR count). The van der Waals surface area contributed by atoms with Crippen LogP contribution in [0.1, 0.15) is 50.2 Å². The van der Waals surface area contributed by atoms with Crippen molar-refractivity contribution in [3.8, 4) is 28.2 Å². The minimum atomic E-state index is -4.71. The largest absolute Gasteiger partial charge is 0.436 e. The number of alkyl halides is 5. The summed E-state index contributed by atoms with van der Waals surface area (Å²) in [5.74, 6) is -0.290. The van der Waals surface area contributed by atoms with Gasteiger partial charge in [-0.2, -0.15) is 27.1 Å². The molecule has 0 saturated carbocycles. The van der Waals surface area contributed by atoms with Crippen molar-refractivity contribution in [2.24, 2.45) is 5.92 Å². The summed E-state index contributed by atoms with van der Waals surface area (Å²) in [6.07, 6.45) is 0.362. The number of pyridine rings is 1. The highest BCUT2D eigenvalue weighted by molar-refractivity contribution is 6.31. The number of hydrogen-bond acceptors (Lipinski definition) is 8. The minimum absolute atomic E-state index is 0.127. The average Bonchev–Trinajstić information content (AvgIpc) is 3.68. The van der Waals surface area contributed by atoms with E-state index in [0.29, 0.717) is 35.2 Å². The van der Waals surface area contributed by atoms with Crippen molar-refractivity contribution in [3.63, 3.8) is 0 Å². The molecule has 46 heavy (non-hydrogen) atoms. The quantitative estimate of drug-likeness (QED) is 0.226. The summed E-state index contributed by atoms with van der Waals surface area (Å²) in [4.78, 5) is 22.6. The Bertz CT molecular complexity index is 1940. The molecule has 0 amide bonds. The van der Waals surface area contributed by atoms with Gasteiger partial charge in [0.2, 0.25) is 0 Å². The molecule has 0 spiro atoms. The van der Waals surface area contributed by atoms with Gasteiger partial charge in [0.05, 0.1) is 47.5 Å². The molecule has 1 aromatic carbocycles. The molecule has 1 aliphatic heterocycles. The van der Waals surface area contributed by atoms with Gasteiger partial charge in [-0.3, -0.25) is 14.3 Å². The zero-order valence-corrected chi connectivity index (χ0v) is 24.7. The maximum Gasteiger partial charge on any atom is 0.436 e. The molecule has 1 unspecified atom stereocenters. The van der Waals surface area contributed by atoms with Crippen LogP contribution in [0.3, 0.4) is 0 Å². The van der Waals surface area contributed by atoms with E-state index in [1.165, 1.54) is 41.4 Å². The van der Waals surface area contributed by atoms with Gasteiger partial charge in [0.15, 0.2) is 5.69 Å². The number of rotatable bonds is 4. The summed E-state index contributed by atoms with van der Waals surface area (Å²) < 4.78 is 69.5. The Hall–Kier alpha value is -4.70. The topological polar surface area (TPSA) is 129 Å². The van der Waals surface area contributed by atoms with Gasteiger partial charge in [0, 0.05) is 34.3 Å². The highest BCUT2D eigenvalue weighted by Crippen LogP contribution is 2.35. The molecule has 240 valence electrons. The number of aliphatic hydroxyl groups excluding tert-OH is 1. The summed E-state index contributed by atoms with van der Waals surface area (Å²) in [6.45, 7) is -1.10. The number of nitrogens with zero attached hydrogens (tertiary/aromatic N) is 8. The fourth-order valence-electron chi connectivity index (χ4n) is 5.33. The van der Waals surface area contributed by atoms with E-state index in [1.807, 2.05) is 6.92 Å². The molecule has 0 fully saturated rings. The second-order valence-electron chi connectivity index (χ2n) is 10.9. The number of aliphatic hydroxyl groups is 1. The van der Waals surface area contributed by atoms with Crippen molar-refractivity contribution in [1.82, 2.24) is 39.3 Å². The number of aromatic nitrogens is 8. The Morgan fingerprint density at radius 1 is 1.09 bits per heavy atom. The molecule has 5 heterocycles. The molecule has 2 bridgehead atoms. The van der Waals surface area contributed by atoms with Crippen molar-refractivity contribution in [2.45, 2.75) is 51.2 Å². The van der Waals surface area contributed by atoms with E-state index >= 15 is 0 Å². The number of halogens is 6. The smallest absolute Gasteiger partial charge is 0.374 e. The van der Waals surface area contributed by atoms with E-state index in [1.54, 1.807) is 12.1 Å². The van der Waals surface area contributed by atoms with E-state index < -0.39 is 36.2 Å². The third-order valence-electron chi connectivity index (χ3n) is 7.74. The van der Waals surface area contributed by atoms with Gasteiger partial charge >= 0.3 is 12.7 Å². The van der Waals surface area contributed by atoms with Crippen LogP contribution in [0.15, 0.2) is 66.1 Å². The predicted octanol–water partition coefficient (Wildman–Crippen LogP) is 5.96. The SMILES string of the molecule is C[C@@H]1CCC[C@H](n2cnc(-c3cc(Cl)ccc3-n3cc(C(F)(F)F)nn3)cc2=O)c2cc(ccn2)-c2nn(C(F)F)cc2NC1O. The third kappa shape index (κ3) is 6.22. The zero-order valence-electron chi connectivity index (χ0n) is 23.9. The van der Waals surface area contributed by atoms with Crippen LogP contribution in [0.4, 0.5) is 27.6 Å². The zero-order chi connectivity index (χ0) is 32.7. The van der Waals surface area contributed by atoms with Gasteiger partial charge in [-0.05, 0) is 43.2 Å². The molecule has 1 aliphatic rings. The van der Waals surface area contributed by atoms with Gasteiger partial charge in [-0.1, -0.05) is 30.2 Å². The molecule has 5 aromatic rings. The normalized spacial score (nSPS) is 18.8. The van der Waals surface area contributed by atoms with Crippen LogP contribution >= 0.6 is 11.6 Å². The number of anilines is 1. The van der Waals surface area contributed by atoms with E-state index in [0.717, 1.165) is 17.1 Å². The number of fused-ring (bicyclic) bond motifs is 4. The Morgan fingerprint density at radius 3 is 2.61 bits per heavy atom. The summed E-state index contributed by atoms with van der Waals surface area (Å²) in [5.41, 5.74) is 0.115. The molecular weight excluding hydrogens is 637 g/mol. The first-order valence-corrected chi connectivity index (χ1v) is 14.4. The van der Waals surface area contributed by atoms with E-state index in [2.05, 4.69) is 30.7 Å². The van der Waals surface area contributed by atoms with Crippen molar-refractivity contribution < 1.29 is 27.1 Å². The van der Waals surface area contributed by atoms with E-state index in [4.69, 9.17) is 11.6 Å². The van der Waals surface area contributed by atoms with Crippen molar-refractivity contribution in [3.05, 3.63) is 88.1 Å². The number of nitrogens with one attached hydrogen (secondary N) is 1. The average molecular weight is 662 g/mol. The molecule has 0 saturated heterocycles. The first kappa shape index (κ1) is 31.3. The lowest BCUT2D eigenvalue weighted by Gasteiger charge is -2.24. The molecule has 4 aromatic heterocycles. The summed E-state index contributed by atoms with van der Waals surface area (Å²) in [6, 6.07) is 8.17. The summed E-state index contributed by atoms with van der Waals surface area (Å²) >= 11 is 6.21. The lowest BCUT2D eigenvalue weighted by atomic mass is 9.96. The van der Waals surface area contributed by atoms with Crippen molar-refractivity contribution >= 4 is 17.3 Å². The summed E-state index contributed by atoms with van der Waals surface area (Å²) in [7, 11) is 0. The Kier molecular flexibility index (Phi) is 8.33. The lowest BCUT2D eigenvalue weighted by Crippen LogP contribution is -2.29. The van der Waals surface area contributed by atoms with Gasteiger partial charge in [0.25, 0.3) is 5.56 Å². The second-order valence-corrected chi connectivity index (χ2v) is 11.3. The van der Waals surface area contributed by atoms with Crippen LogP contribution in [-0.2, 0) is 6.18 Å². The number of hydrogen-bond donors (Lipinski definition) is 2. The molecule has 0 radical (unpaired) electrons. The van der Waals surface area contributed by atoms with Crippen molar-refractivity contribution in [1.29, 1.82) is 0 Å². The minimum Gasteiger partial charge on any atom is -0.374 e. The van der Waals surface area contributed by atoms with Gasteiger partial charge in [-0.15, -0.1) is 5.10 Å². The molecule has 11 nitrogen and oxygen atoms in total. The van der Waals surface area contributed by atoms with Crippen LogP contribution < -0.4 is 10.9 Å². The van der Waals surface area contributed by atoms with Crippen LogP contribution in [-0.4, -0.2) is 50.6 Å². The molecule has 17 heteroatoms. The predicted molar refractivity (Wildman–Crippen MR) is 156 cm³/mol. The van der Waals surface area contributed by atoms with Crippen molar-refractivity contribution in [2.75, 3.05) is 5.32 Å². The Labute approximate surface area is 262 Å². The fourth-order valence-corrected chi connectivity index (χ4v) is 5.50. The van der Waals surface area contributed by atoms with Crippen LogP contribution in [0, 0.1) is 5.92 Å². The highest BCUT2D eigenvalue weighted by Gasteiger charge is 2.35. The van der Waals surface area contributed by atoms with E-state index in [-0.39, 0.29) is 39.3 Å². The summed E-state index contributed by atoms with van der Waals surface area (Å²) in [5, 5.41) is 24.7. The monoisotopic (exact) mass is 661 g/mol. The molecule has 2 N–H and O–H groups in total. The van der Waals surface area contributed by atoms with Gasteiger partial charge < -0.3 is 10.4 Å². The van der Waals surface area contributed by atoms with E-state index in [9.17, 15) is 31.9 Å². The maximum absolute atomic E-state index is 13.7. The molecule has 3 atom stereocenters. The van der Waals surface area contributed by atoms with Crippen LogP contribution in [0.5, 0.6) is 0 Å². The van der Waals surface area contributed by atoms with Gasteiger partial charge in [-0.25, -0.2) is 14.3 Å². The first-order chi connectivity index (χ1) is 21.9. The van der Waals surface area contributed by atoms with Crippen LogP contribution in [0.25, 0.3) is 28.2 Å². The first-order valence-electron chi connectivity index (χ1n) is 14.1. The standard InChI is InChI=1S/C29H25ClF5N9O2/c1-15-3-2-4-23(20-9-16(7-8-36-20)26-21(38-27(15)46)12-44(40-26)28(31)32)42-14-37-19(11-25(42)45)18-10-17(30)5-6-22(18)43-13-24(39-41-43)29(33,34)35/h5-15,23,27-28,38,46H,2-4H2,1H3/t15-,23+,27?/m1/s1. The fraction of sp³-hybridized carbons (Fsp3) is 0.310. The van der Waals surface area contributed by atoms with Crippen LogP contribution in [0.2, 0.25) is 5.02 Å². The number of benzene rings is 1. The Morgan fingerprint density at radius 2 is 1.89 bits per heavy atom. The second kappa shape index (κ2) is 12.2. The highest BCUT2D eigenvalue weighted by atomic mass is 35.5. The maximum atomic E-state index is 13.7. The lowest BCUT2D eigenvalue weighted by molar-refractivity contribution is -0.141.